The highest BCUT2D eigenvalue weighted by Crippen LogP contribution is 2.18. The lowest BCUT2D eigenvalue weighted by atomic mass is 10.1. The van der Waals surface area contributed by atoms with Gasteiger partial charge < -0.3 is 9.84 Å². The maximum absolute atomic E-state index is 10.1. The maximum atomic E-state index is 10.1. The molecule has 1 heterocycles. The van der Waals surface area contributed by atoms with Gasteiger partial charge in [0, 0.05) is 24.7 Å². The summed E-state index contributed by atoms with van der Waals surface area (Å²) < 4.78 is 5.47. The van der Waals surface area contributed by atoms with Crippen molar-refractivity contribution in [3.8, 4) is 0 Å². The minimum absolute atomic E-state index is 0.251. The Labute approximate surface area is 107 Å². The van der Waals surface area contributed by atoms with Gasteiger partial charge in [-0.3, -0.25) is 4.90 Å². The molecule has 1 saturated heterocycles. The van der Waals surface area contributed by atoms with Crippen LogP contribution >= 0.6 is 11.6 Å². The number of morpholine rings is 1. The van der Waals surface area contributed by atoms with Crippen LogP contribution in [0.4, 0.5) is 0 Å². The number of ether oxygens (including phenoxy) is 1. The maximum Gasteiger partial charge on any atom is 0.0916 e. The highest BCUT2D eigenvalue weighted by Gasteiger charge is 2.19. The molecule has 1 N–H and O–H groups in total. The Morgan fingerprint density at radius 1 is 1.47 bits per heavy atom. The number of β-amino-alcohol motifs (C(OH)–C–C–N with tert-alkyl or cyclic N) is 1. The molecular formula is C13H18ClNO2. The van der Waals surface area contributed by atoms with Crippen molar-refractivity contribution >= 4 is 11.6 Å². The average Bonchev–Trinajstić information content (AvgIpc) is 2.29. The number of nitrogens with zero attached hydrogens (tertiary/aromatic N) is 1. The molecule has 0 radical (unpaired) electrons. The Morgan fingerprint density at radius 2 is 2.18 bits per heavy atom. The summed E-state index contributed by atoms with van der Waals surface area (Å²) in [6.07, 6.45) is -0.210. The molecule has 1 aliphatic heterocycles. The largest absolute Gasteiger partial charge is 0.387 e. The van der Waals surface area contributed by atoms with E-state index >= 15 is 0 Å². The summed E-state index contributed by atoms with van der Waals surface area (Å²) in [6.45, 7) is 5.21. The Hall–Kier alpha value is -0.610. The highest BCUT2D eigenvalue weighted by molar-refractivity contribution is 6.30. The second-order valence-corrected chi connectivity index (χ2v) is 4.94. The highest BCUT2D eigenvalue weighted by atomic mass is 35.5. The van der Waals surface area contributed by atoms with Crippen molar-refractivity contribution in [2.24, 2.45) is 0 Å². The van der Waals surface area contributed by atoms with E-state index < -0.39 is 6.10 Å². The number of benzene rings is 1. The lowest BCUT2D eigenvalue weighted by Crippen LogP contribution is -2.42. The molecule has 4 heteroatoms. The molecule has 17 heavy (non-hydrogen) atoms. The number of aliphatic hydroxyl groups excluding tert-OH is 1. The predicted octanol–water partition coefficient (Wildman–Crippen LogP) is 2.09. The minimum Gasteiger partial charge on any atom is -0.387 e. The van der Waals surface area contributed by atoms with Gasteiger partial charge in [-0.15, -0.1) is 0 Å². The zero-order valence-electron chi connectivity index (χ0n) is 9.97. The first kappa shape index (κ1) is 12.8. The van der Waals surface area contributed by atoms with Crippen LogP contribution in [0.25, 0.3) is 0 Å². The van der Waals surface area contributed by atoms with E-state index in [1.54, 1.807) is 0 Å². The van der Waals surface area contributed by atoms with Crippen molar-refractivity contribution in [1.82, 2.24) is 4.90 Å². The van der Waals surface area contributed by atoms with Gasteiger partial charge in [0.1, 0.15) is 0 Å². The van der Waals surface area contributed by atoms with Crippen molar-refractivity contribution in [2.75, 3.05) is 26.2 Å². The van der Waals surface area contributed by atoms with Crippen LogP contribution in [0, 0.1) is 0 Å². The third kappa shape index (κ3) is 3.68. The molecule has 2 rings (SSSR count). The molecule has 0 aromatic heterocycles. The first-order chi connectivity index (χ1) is 8.15. The smallest absolute Gasteiger partial charge is 0.0916 e. The molecule has 0 saturated carbocycles. The van der Waals surface area contributed by atoms with Crippen LogP contribution in [0.5, 0.6) is 0 Å². The summed E-state index contributed by atoms with van der Waals surface area (Å²) in [5, 5.41) is 10.8. The Balaban J connectivity index is 1.91. The monoisotopic (exact) mass is 255 g/mol. The summed E-state index contributed by atoms with van der Waals surface area (Å²) in [5.41, 5.74) is 0.911. The van der Waals surface area contributed by atoms with Crippen LogP contribution in [0.1, 0.15) is 18.6 Å². The van der Waals surface area contributed by atoms with Gasteiger partial charge in [0.15, 0.2) is 0 Å². The number of aliphatic hydroxyl groups is 1. The van der Waals surface area contributed by atoms with E-state index in [2.05, 4.69) is 11.8 Å². The van der Waals surface area contributed by atoms with E-state index in [0.29, 0.717) is 11.6 Å². The molecule has 0 amide bonds. The average molecular weight is 256 g/mol. The predicted molar refractivity (Wildman–Crippen MR) is 68.3 cm³/mol. The van der Waals surface area contributed by atoms with Crippen LogP contribution in [0.2, 0.25) is 5.02 Å². The molecule has 0 bridgehead atoms. The molecule has 2 unspecified atom stereocenters. The third-order valence-electron chi connectivity index (χ3n) is 3.01. The Bertz CT molecular complexity index is 355. The second-order valence-electron chi connectivity index (χ2n) is 4.51. The molecule has 2 atom stereocenters. The van der Waals surface area contributed by atoms with Gasteiger partial charge in [-0.25, -0.2) is 0 Å². The van der Waals surface area contributed by atoms with E-state index in [1.165, 1.54) is 0 Å². The minimum atomic E-state index is -0.461. The van der Waals surface area contributed by atoms with Gasteiger partial charge in [0.2, 0.25) is 0 Å². The topological polar surface area (TPSA) is 32.7 Å². The molecule has 1 aliphatic rings. The standard InChI is InChI=1S/C13H18ClNO2/c1-10-8-15(6-7-17-10)9-13(16)11-2-4-12(14)5-3-11/h2-5,10,13,16H,6-9H2,1H3. The summed E-state index contributed by atoms with van der Waals surface area (Å²) >= 11 is 5.82. The van der Waals surface area contributed by atoms with E-state index in [1.807, 2.05) is 24.3 Å². The van der Waals surface area contributed by atoms with Crippen molar-refractivity contribution in [2.45, 2.75) is 19.1 Å². The second kappa shape index (κ2) is 5.83. The number of hydrogen-bond acceptors (Lipinski definition) is 3. The lowest BCUT2D eigenvalue weighted by molar-refractivity contribution is -0.0318. The molecule has 3 nitrogen and oxygen atoms in total. The van der Waals surface area contributed by atoms with Crippen LogP contribution in [-0.2, 0) is 4.74 Å². The van der Waals surface area contributed by atoms with Gasteiger partial charge in [-0.05, 0) is 24.6 Å². The van der Waals surface area contributed by atoms with E-state index in [4.69, 9.17) is 16.3 Å². The number of rotatable bonds is 3. The van der Waals surface area contributed by atoms with Crippen molar-refractivity contribution in [3.63, 3.8) is 0 Å². The fourth-order valence-corrected chi connectivity index (χ4v) is 2.22. The van der Waals surface area contributed by atoms with Crippen LogP contribution in [0.15, 0.2) is 24.3 Å². The van der Waals surface area contributed by atoms with Gasteiger partial charge in [0.05, 0.1) is 18.8 Å². The molecule has 1 aromatic rings. The van der Waals surface area contributed by atoms with Crippen molar-refractivity contribution < 1.29 is 9.84 Å². The van der Waals surface area contributed by atoms with E-state index in [0.717, 1.165) is 25.3 Å². The Morgan fingerprint density at radius 3 is 2.82 bits per heavy atom. The molecule has 94 valence electrons. The van der Waals surface area contributed by atoms with Crippen LogP contribution < -0.4 is 0 Å². The fourth-order valence-electron chi connectivity index (χ4n) is 2.09. The Kier molecular flexibility index (Phi) is 4.40. The third-order valence-corrected chi connectivity index (χ3v) is 3.26. The van der Waals surface area contributed by atoms with Crippen molar-refractivity contribution in [3.05, 3.63) is 34.9 Å². The summed E-state index contributed by atoms with van der Waals surface area (Å²) in [7, 11) is 0. The first-order valence-corrected chi connectivity index (χ1v) is 6.30. The number of halogens is 1. The summed E-state index contributed by atoms with van der Waals surface area (Å²) in [5.74, 6) is 0. The van der Waals surface area contributed by atoms with Crippen LogP contribution in [0.3, 0.4) is 0 Å². The number of hydrogen-bond donors (Lipinski definition) is 1. The molecule has 0 aliphatic carbocycles. The first-order valence-electron chi connectivity index (χ1n) is 5.92. The zero-order valence-corrected chi connectivity index (χ0v) is 10.7. The summed E-state index contributed by atoms with van der Waals surface area (Å²) in [6, 6.07) is 7.36. The molecule has 1 fully saturated rings. The van der Waals surface area contributed by atoms with E-state index in [-0.39, 0.29) is 6.10 Å². The molecular weight excluding hydrogens is 238 g/mol. The quantitative estimate of drug-likeness (QED) is 0.898. The zero-order chi connectivity index (χ0) is 12.3. The normalized spacial score (nSPS) is 23.6. The van der Waals surface area contributed by atoms with Crippen molar-refractivity contribution in [1.29, 1.82) is 0 Å². The fraction of sp³-hybridized carbons (Fsp3) is 0.538. The summed E-state index contributed by atoms with van der Waals surface area (Å²) in [4.78, 5) is 2.23. The van der Waals surface area contributed by atoms with Gasteiger partial charge in [0.25, 0.3) is 0 Å². The van der Waals surface area contributed by atoms with Gasteiger partial charge in [-0.1, -0.05) is 23.7 Å². The van der Waals surface area contributed by atoms with E-state index in [9.17, 15) is 5.11 Å². The van der Waals surface area contributed by atoms with Gasteiger partial charge in [-0.2, -0.15) is 0 Å². The lowest BCUT2D eigenvalue weighted by Gasteiger charge is -2.32. The van der Waals surface area contributed by atoms with Gasteiger partial charge >= 0.3 is 0 Å². The molecule has 0 spiro atoms. The molecule has 1 aromatic carbocycles. The van der Waals surface area contributed by atoms with Crippen LogP contribution in [-0.4, -0.2) is 42.4 Å². The SMILES string of the molecule is CC1CN(CC(O)c2ccc(Cl)cc2)CCO1.